The number of hydrogen-bond donors (Lipinski definition) is 2. The highest BCUT2D eigenvalue weighted by molar-refractivity contribution is 7.16. The van der Waals surface area contributed by atoms with Gasteiger partial charge < -0.3 is 16.0 Å². The highest BCUT2D eigenvalue weighted by atomic mass is 32.1. The molecule has 0 atom stereocenters. The summed E-state index contributed by atoms with van der Waals surface area (Å²) >= 11 is 1.58. The molecule has 3 N–H and O–H groups in total. The topological polar surface area (TPSA) is 67.1 Å². The lowest BCUT2D eigenvalue weighted by Gasteiger charge is -2.16. The molecule has 2 heterocycles. The van der Waals surface area contributed by atoms with Gasteiger partial charge in [0.15, 0.2) is 0 Å². The van der Waals surface area contributed by atoms with Crippen LogP contribution in [-0.4, -0.2) is 37.2 Å². The van der Waals surface area contributed by atoms with Gasteiger partial charge in [0.1, 0.15) is 10.6 Å². The number of nitrogen functional groups attached to an aromatic ring is 1. The molecule has 2 aromatic rings. The van der Waals surface area contributed by atoms with E-state index in [-0.39, 0.29) is 0 Å². The molecule has 0 amide bonds. The maximum atomic E-state index is 5.88. The highest BCUT2D eigenvalue weighted by Gasteiger charge is 2.09. The van der Waals surface area contributed by atoms with Crippen LogP contribution in [0.2, 0.25) is 0 Å². The number of aromatic nitrogens is 2. The zero-order valence-electron chi connectivity index (χ0n) is 9.40. The summed E-state index contributed by atoms with van der Waals surface area (Å²) in [5.74, 6) is 1.24. The fraction of sp³-hybridized carbons (Fsp3) is 0.400. The van der Waals surface area contributed by atoms with Crippen LogP contribution in [0.15, 0.2) is 11.4 Å². The molecule has 0 saturated carbocycles. The first kappa shape index (κ1) is 11.1. The molecular formula is C10H15N5S. The van der Waals surface area contributed by atoms with Gasteiger partial charge in [-0.1, -0.05) is 0 Å². The van der Waals surface area contributed by atoms with Crippen LogP contribution in [0.5, 0.6) is 0 Å². The van der Waals surface area contributed by atoms with E-state index in [1.54, 1.807) is 11.3 Å². The number of fused-ring (bicyclic) bond motifs is 1. The van der Waals surface area contributed by atoms with Crippen LogP contribution < -0.4 is 16.0 Å². The number of hydrogen-bond acceptors (Lipinski definition) is 6. The summed E-state index contributed by atoms with van der Waals surface area (Å²) in [6.07, 6.45) is 0. The molecule has 5 nitrogen and oxygen atoms in total. The summed E-state index contributed by atoms with van der Waals surface area (Å²) in [5.41, 5.74) is 5.88. The van der Waals surface area contributed by atoms with Crippen molar-refractivity contribution in [1.29, 1.82) is 0 Å². The lowest BCUT2D eigenvalue weighted by atomic mass is 10.4. The summed E-state index contributed by atoms with van der Waals surface area (Å²) < 4.78 is 0. The molecule has 0 spiro atoms. The van der Waals surface area contributed by atoms with Gasteiger partial charge in [-0.05, 0) is 18.5 Å². The Balaban J connectivity index is 2.30. The number of rotatable bonds is 4. The fourth-order valence-corrected chi connectivity index (χ4v) is 2.18. The van der Waals surface area contributed by atoms with E-state index in [2.05, 4.69) is 15.3 Å². The molecule has 0 aliphatic carbocycles. The third-order valence-electron chi connectivity index (χ3n) is 2.38. The van der Waals surface area contributed by atoms with Gasteiger partial charge in [0.2, 0.25) is 5.95 Å². The van der Waals surface area contributed by atoms with Gasteiger partial charge >= 0.3 is 0 Å². The molecular weight excluding hydrogens is 222 g/mol. The average Bonchev–Trinajstić information content (AvgIpc) is 2.74. The van der Waals surface area contributed by atoms with Crippen molar-refractivity contribution in [1.82, 2.24) is 15.3 Å². The monoisotopic (exact) mass is 237 g/mol. The van der Waals surface area contributed by atoms with Crippen molar-refractivity contribution < 1.29 is 0 Å². The molecule has 0 unspecified atom stereocenters. The predicted octanol–water partition coefficient (Wildman–Crippen LogP) is 0.929. The van der Waals surface area contributed by atoms with E-state index in [1.807, 2.05) is 30.4 Å². The Bertz CT molecular complexity index is 481. The van der Waals surface area contributed by atoms with Gasteiger partial charge in [0.25, 0.3) is 0 Å². The van der Waals surface area contributed by atoms with Crippen molar-refractivity contribution in [2.24, 2.45) is 0 Å². The summed E-state index contributed by atoms with van der Waals surface area (Å²) in [6.45, 7) is 1.75. The number of nitrogens with zero attached hydrogens (tertiary/aromatic N) is 3. The van der Waals surface area contributed by atoms with Crippen molar-refractivity contribution in [3.63, 3.8) is 0 Å². The van der Waals surface area contributed by atoms with Crippen LogP contribution >= 0.6 is 11.3 Å². The second kappa shape index (κ2) is 4.63. The van der Waals surface area contributed by atoms with E-state index >= 15 is 0 Å². The third kappa shape index (κ3) is 2.07. The van der Waals surface area contributed by atoms with Crippen LogP contribution in [0.4, 0.5) is 11.8 Å². The van der Waals surface area contributed by atoms with Crippen LogP contribution in [0.1, 0.15) is 0 Å². The number of nitrogens with two attached hydrogens (primary N) is 1. The number of likely N-dealkylation sites (N-methyl/N-ethyl adjacent to an activating group) is 2. The number of anilines is 2. The Labute approximate surface area is 98.3 Å². The first-order valence-corrected chi connectivity index (χ1v) is 5.97. The molecule has 16 heavy (non-hydrogen) atoms. The minimum Gasteiger partial charge on any atom is -0.383 e. The van der Waals surface area contributed by atoms with Gasteiger partial charge in [0.05, 0.1) is 5.39 Å². The summed E-state index contributed by atoms with van der Waals surface area (Å²) in [4.78, 5) is 11.7. The predicted molar refractivity (Wildman–Crippen MR) is 69.0 cm³/mol. The normalized spacial score (nSPS) is 10.9. The Morgan fingerprint density at radius 3 is 3.06 bits per heavy atom. The molecule has 2 rings (SSSR count). The maximum absolute atomic E-state index is 5.88. The SMILES string of the molecule is CNCCN(C)c1nc(N)c2ccsc2n1. The molecule has 0 fully saturated rings. The highest BCUT2D eigenvalue weighted by Crippen LogP contribution is 2.24. The molecule has 0 saturated heterocycles. The van der Waals surface area contributed by atoms with Crippen molar-refractivity contribution in [2.75, 3.05) is 37.8 Å². The first-order valence-electron chi connectivity index (χ1n) is 5.09. The zero-order chi connectivity index (χ0) is 11.5. The first-order chi connectivity index (χ1) is 7.72. The fourth-order valence-electron chi connectivity index (χ4n) is 1.42. The molecule has 0 aliphatic heterocycles. The summed E-state index contributed by atoms with van der Waals surface area (Å²) in [6, 6.07) is 1.95. The minimum absolute atomic E-state index is 0.553. The zero-order valence-corrected chi connectivity index (χ0v) is 10.2. The minimum atomic E-state index is 0.553. The lowest BCUT2D eigenvalue weighted by molar-refractivity contribution is 0.755. The van der Waals surface area contributed by atoms with Crippen LogP contribution in [0.3, 0.4) is 0 Å². The number of nitrogens with one attached hydrogen (secondary N) is 1. The van der Waals surface area contributed by atoms with Gasteiger partial charge in [-0.25, -0.2) is 4.98 Å². The quantitative estimate of drug-likeness (QED) is 0.828. The van der Waals surface area contributed by atoms with Crippen molar-refractivity contribution in [2.45, 2.75) is 0 Å². The summed E-state index contributed by atoms with van der Waals surface area (Å²) in [7, 11) is 3.89. The molecule has 0 aliphatic rings. The third-order valence-corrected chi connectivity index (χ3v) is 3.19. The van der Waals surface area contributed by atoms with Crippen LogP contribution in [0, 0.1) is 0 Å². The second-order valence-corrected chi connectivity index (χ2v) is 4.47. The van der Waals surface area contributed by atoms with E-state index in [1.165, 1.54) is 0 Å². The van der Waals surface area contributed by atoms with Crippen LogP contribution in [0.25, 0.3) is 10.2 Å². The molecule has 86 valence electrons. The molecule has 0 bridgehead atoms. The Kier molecular flexibility index (Phi) is 3.21. The van der Waals surface area contributed by atoms with E-state index in [0.29, 0.717) is 11.8 Å². The smallest absolute Gasteiger partial charge is 0.228 e. The van der Waals surface area contributed by atoms with Crippen LogP contribution in [-0.2, 0) is 0 Å². The maximum Gasteiger partial charge on any atom is 0.228 e. The second-order valence-electron chi connectivity index (χ2n) is 3.57. The van der Waals surface area contributed by atoms with E-state index < -0.39 is 0 Å². The largest absolute Gasteiger partial charge is 0.383 e. The Hall–Kier alpha value is -1.40. The molecule has 6 heteroatoms. The Morgan fingerprint density at radius 2 is 2.31 bits per heavy atom. The molecule has 2 aromatic heterocycles. The van der Waals surface area contributed by atoms with E-state index in [9.17, 15) is 0 Å². The van der Waals surface area contributed by atoms with E-state index in [4.69, 9.17) is 5.73 Å². The standard InChI is InChI=1S/C10H15N5S/c1-12-4-5-15(2)10-13-8(11)7-3-6-16-9(7)14-10/h3,6,12H,4-5H2,1-2H3,(H2,11,13,14). The van der Waals surface area contributed by atoms with E-state index in [0.717, 1.165) is 23.3 Å². The van der Waals surface area contributed by atoms with Gasteiger partial charge in [-0.3, -0.25) is 0 Å². The van der Waals surface area contributed by atoms with Gasteiger partial charge in [0, 0.05) is 20.1 Å². The summed E-state index contributed by atoms with van der Waals surface area (Å²) in [5, 5.41) is 6.01. The lowest BCUT2D eigenvalue weighted by Crippen LogP contribution is -2.28. The van der Waals surface area contributed by atoms with Crippen molar-refractivity contribution >= 4 is 33.3 Å². The van der Waals surface area contributed by atoms with Gasteiger partial charge in [-0.2, -0.15) is 4.98 Å². The molecule has 0 radical (unpaired) electrons. The van der Waals surface area contributed by atoms with Gasteiger partial charge in [-0.15, -0.1) is 11.3 Å². The molecule has 0 aromatic carbocycles. The average molecular weight is 237 g/mol. The Morgan fingerprint density at radius 1 is 1.50 bits per heavy atom. The van der Waals surface area contributed by atoms with Crippen molar-refractivity contribution in [3.05, 3.63) is 11.4 Å². The number of thiophene rings is 1. The van der Waals surface area contributed by atoms with Crippen molar-refractivity contribution in [3.8, 4) is 0 Å².